The van der Waals surface area contributed by atoms with Crippen molar-refractivity contribution in [3.05, 3.63) is 0 Å². The van der Waals surface area contributed by atoms with E-state index in [1.807, 2.05) is 0 Å². The molecule has 0 N–H and O–H groups in total. The van der Waals surface area contributed by atoms with Gasteiger partial charge in [-0.05, 0) is 0 Å². The third-order valence-corrected chi connectivity index (χ3v) is 2.42. The van der Waals surface area contributed by atoms with Gasteiger partial charge in [0.15, 0.2) is 5.17 Å². The van der Waals surface area contributed by atoms with Gasteiger partial charge in [0.1, 0.15) is 6.54 Å². The second-order valence-electron chi connectivity index (χ2n) is 1.99. The lowest BCUT2D eigenvalue weighted by molar-refractivity contribution is -0.124. The summed E-state index contributed by atoms with van der Waals surface area (Å²) in [6.45, 7) is 1.24. The van der Waals surface area contributed by atoms with Crippen molar-refractivity contribution in [2.24, 2.45) is 4.99 Å². The Kier molecular flexibility index (Phi) is 1.02. The minimum Gasteiger partial charge on any atom is -0.289 e. The van der Waals surface area contributed by atoms with Crippen LogP contribution in [-0.4, -0.2) is 34.8 Å². The molecule has 2 rings (SSSR count). The van der Waals surface area contributed by atoms with Crippen molar-refractivity contribution in [1.29, 1.82) is 0 Å². The van der Waals surface area contributed by atoms with E-state index in [9.17, 15) is 4.79 Å². The molecule has 3 nitrogen and oxygen atoms in total. The standard InChI is InChI=1S/C5H6N2OS/c8-4-3-6-5-7(4)1-2-9-5/h1-3H2. The normalized spacial score (nSPS) is 24.7. The number of thioether (sulfide) groups is 1. The number of nitrogens with zero attached hydrogens (tertiary/aromatic N) is 2. The van der Waals surface area contributed by atoms with Gasteiger partial charge in [0, 0.05) is 12.3 Å². The number of aliphatic imine (C=N–C) groups is 1. The molecule has 0 aromatic heterocycles. The zero-order valence-corrected chi connectivity index (χ0v) is 5.65. The molecule has 0 aliphatic carbocycles. The zero-order chi connectivity index (χ0) is 6.27. The molecule has 1 fully saturated rings. The number of hydrogen-bond acceptors (Lipinski definition) is 3. The van der Waals surface area contributed by atoms with Gasteiger partial charge in [-0.1, -0.05) is 11.8 Å². The number of fused-ring (bicyclic) bond motifs is 1. The fraction of sp³-hybridized carbons (Fsp3) is 0.600. The van der Waals surface area contributed by atoms with Crippen molar-refractivity contribution >= 4 is 22.8 Å². The maximum absolute atomic E-state index is 10.9. The predicted octanol–water partition coefficient (Wildman–Crippen LogP) is -0.0686. The van der Waals surface area contributed by atoms with Crippen LogP contribution >= 0.6 is 11.8 Å². The van der Waals surface area contributed by atoms with Gasteiger partial charge in [0.25, 0.3) is 0 Å². The van der Waals surface area contributed by atoms with Crippen molar-refractivity contribution in [2.75, 3.05) is 18.8 Å². The molecule has 2 aliphatic heterocycles. The molecule has 1 saturated heterocycles. The number of rotatable bonds is 0. The van der Waals surface area contributed by atoms with E-state index in [-0.39, 0.29) is 5.91 Å². The van der Waals surface area contributed by atoms with Crippen LogP contribution in [0.1, 0.15) is 0 Å². The Bertz CT molecular complexity index is 189. The molecule has 2 heterocycles. The highest BCUT2D eigenvalue weighted by Gasteiger charge is 2.29. The van der Waals surface area contributed by atoms with E-state index in [1.165, 1.54) is 0 Å². The highest BCUT2D eigenvalue weighted by atomic mass is 32.2. The minimum atomic E-state index is 0.162. The summed E-state index contributed by atoms with van der Waals surface area (Å²) in [5.41, 5.74) is 0. The van der Waals surface area contributed by atoms with Crippen LogP contribution in [0, 0.1) is 0 Å². The van der Waals surface area contributed by atoms with Crippen LogP contribution in [0.3, 0.4) is 0 Å². The van der Waals surface area contributed by atoms with Gasteiger partial charge in [-0.2, -0.15) is 0 Å². The molecule has 0 atom stereocenters. The van der Waals surface area contributed by atoms with Gasteiger partial charge in [-0.15, -0.1) is 0 Å². The second kappa shape index (κ2) is 1.73. The lowest BCUT2D eigenvalue weighted by Gasteiger charge is -2.04. The summed E-state index contributed by atoms with van der Waals surface area (Å²) in [7, 11) is 0. The summed E-state index contributed by atoms with van der Waals surface area (Å²) in [4.78, 5) is 16.6. The monoisotopic (exact) mass is 142 g/mol. The summed E-state index contributed by atoms with van der Waals surface area (Å²) < 4.78 is 0. The first-order valence-corrected chi connectivity index (χ1v) is 3.84. The largest absolute Gasteiger partial charge is 0.289 e. The van der Waals surface area contributed by atoms with Crippen molar-refractivity contribution in [3.8, 4) is 0 Å². The fourth-order valence-corrected chi connectivity index (χ4v) is 1.95. The molecule has 0 aromatic rings. The highest BCUT2D eigenvalue weighted by Crippen LogP contribution is 2.21. The van der Waals surface area contributed by atoms with Crippen LogP contribution in [0.25, 0.3) is 0 Å². The first-order valence-electron chi connectivity index (χ1n) is 2.85. The Morgan fingerprint density at radius 2 is 2.56 bits per heavy atom. The van der Waals surface area contributed by atoms with E-state index in [1.54, 1.807) is 16.7 Å². The second-order valence-corrected chi connectivity index (χ2v) is 3.05. The molecular formula is C5H6N2OS. The van der Waals surface area contributed by atoms with Crippen LogP contribution in [0.2, 0.25) is 0 Å². The smallest absolute Gasteiger partial charge is 0.250 e. The van der Waals surface area contributed by atoms with E-state index >= 15 is 0 Å². The van der Waals surface area contributed by atoms with Crippen molar-refractivity contribution in [1.82, 2.24) is 4.90 Å². The molecule has 2 aliphatic rings. The summed E-state index contributed by atoms with van der Waals surface area (Å²) in [5.74, 6) is 1.18. The molecule has 0 aromatic carbocycles. The van der Waals surface area contributed by atoms with Crippen molar-refractivity contribution < 1.29 is 4.79 Å². The van der Waals surface area contributed by atoms with Crippen LogP contribution in [-0.2, 0) is 4.79 Å². The first kappa shape index (κ1) is 5.29. The Labute approximate surface area is 57.1 Å². The van der Waals surface area contributed by atoms with Crippen LogP contribution < -0.4 is 0 Å². The third kappa shape index (κ3) is 0.660. The quantitative estimate of drug-likeness (QED) is 0.474. The Morgan fingerprint density at radius 1 is 1.67 bits per heavy atom. The lowest BCUT2D eigenvalue weighted by atomic mass is 10.5. The van der Waals surface area contributed by atoms with Gasteiger partial charge in [-0.25, -0.2) is 0 Å². The molecule has 0 radical (unpaired) electrons. The number of hydrogen-bond donors (Lipinski definition) is 0. The van der Waals surface area contributed by atoms with E-state index < -0.39 is 0 Å². The highest BCUT2D eigenvalue weighted by molar-refractivity contribution is 8.14. The minimum absolute atomic E-state index is 0.162. The lowest BCUT2D eigenvalue weighted by Crippen LogP contribution is -2.27. The molecular weight excluding hydrogens is 136 g/mol. The molecule has 4 heteroatoms. The third-order valence-electron chi connectivity index (χ3n) is 1.43. The van der Waals surface area contributed by atoms with Gasteiger partial charge in [0.05, 0.1) is 0 Å². The average molecular weight is 142 g/mol. The van der Waals surface area contributed by atoms with Crippen LogP contribution in [0.15, 0.2) is 4.99 Å². The van der Waals surface area contributed by atoms with E-state index in [0.717, 1.165) is 17.5 Å². The van der Waals surface area contributed by atoms with E-state index in [2.05, 4.69) is 4.99 Å². The SMILES string of the molecule is O=C1CN=C2SCCN12. The van der Waals surface area contributed by atoms with Crippen LogP contribution in [0.4, 0.5) is 0 Å². The summed E-state index contributed by atoms with van der Waals surface area (Å²) in [5, 5.41) is 0.931. The summed E-state index contributed by atoms with van der Waals surface area (Å²) in [6.07, 6.45) is 0. The molecule has 0 unspecified atom stereocenters. The zero-order valence-electron chi connectivity index (χ0n) is 4.83. The summed E-state index contributed by atoms with van der Waals surface area (Å²) in [6, 6.07) is 0. The average Bonchev–Trinajstić information content (AvgIpc) is 2.35. The molecule has 1 amide bonds. The number of carbonyl (C=O) groups is 1. The Balaban J connectivity index is 2.28. The van der Waals surface area contributed by atoms with Gasteiger partial charge in [-0.3, -0.25) is 14.7 Å². The molecule has 48 valence electrons. The topological polar surface area (TPSA) is 32.7 Å². The first-order chi connectivity index (χ1) is 4.38. The molecule has 0 saturated carbocycles. The van der Waals surface area contributed by atoms with Crippen molar-refractivity contribution in [2.45, 2.75) is 0 Å². The Morgan fingerprint density at radius 3 is 3.33 bits per heavy atom. The number of carbonyl (C=O) groups excluding carboxylic acids is 1. The van der Waals surface area contributed by atoms with Gasteiger partial charge in [0.2, 0.25) is 5.91 Å². The summed E-state index contributed by atoms with van der Waals surface area (Å²) >= 11 is 1.67. The molecule has 0 bridgehead atoms. The fourth-order valence-electron chi connectivity index (χ4n) is 0.985. The van der Waals surface area contributed by atoms with Gasteiger partial charge >= 0.3 is 0 Å². The van der Waals surface area contributed by atoms with Gasteiger partial charge < -0.3 is 0 Å². The Hall–Kier alpha value is -0.510. The van der Waals surface area contributed by atoms with E-state index in [4.69, 9.17) is 0 Å². The predicted molar refractivity (Wildman–Crippen MR) is 36.5 cm³/mol. The van der Waals surface area contributed by atoms with Crippen LogP contribution in [0.5, 0.6) is 0 Å². The molecule has 0 spiro atoms. The number of amides is 1. The van der Waals surface area contributed by atoms with Crippen molar-refractivity contribution in [3.63, 3.8) is 0 Å². The number of amidine groups is 1. The molecule has 9 heavy (non-hydrogen) atoms. The maximum atomic E-state index is 10.9. The maximum Gasteiger partial charge on any atom is 0.250 e. The van der Waals surface area contributed by atoms with E-state index in [0.29, 0.717) is 6.54 Å².